The highest BCUT2D eigenvalue weighted by Crippen LogP contribution is 2.29. The van der Waals surface area contributed by atoms with Gasteiger partial charge in [0.2, 0.25) is 0 Å². The zero-order valence-electron chi connectivity index (χ0n) is 16.4. The van der Waals surface area contributed by atoms with Crippen LogP contribution in [0.4, 0.5) is 13.9 Å². The molecule has 0 unspecified atom stereocenters. The van der Waals surface area contributed by atoms with Crippen LogP contribution in [0.15, 0.2) is 42.5 Å². The molecule has 2 aromatic carbocycles. The van der Waals surface area contributed by atoms with E-state index in [0.717, 1.165) is 13.1 Å². The number of likely N-dealkylation sites (N-methyl/N-ethyl adjacent to an activating group) is 1. The van der Waals surface area contributed by atoms with Gasteiger partial charge in [0.05, 0.1) is 10.2 Å². The van der Waals surface area contributed by atoms with Crippen molar-refractivity contribution in [1.29, 1.82) is 0 Å². The molecule has 8 heteroatoms. The van der Waals surface area contributed by atoms with Crippen molar-refractivity contribution in [1.82, 2.24) is 9.88 Å². The zero-order valence-corrected chi connectivity index (χ0v) is 17.2. The molecule has 0 aliphatic carbocycles. The summed E-state index contributed by atoms with van der Waals surface area (Å²) in [6.45, 7) is 6.56. The first kappa shape index (κ1) is 21.1. The summed E-state index contributed by atoms with van der Waals surface area (Å²) < 4.78 is 33.4. The van der Waals surface area contributed by atoms with Gasteiger partial charge in [-0.25, -0.2) is 13.8 Å². The highest BCUT2D eigenvalue weighted by molar-refractivity contribution is 7.22. The number of benzene rings is 2. The second kappa shape index (κ2) is 9.76. The van der Waals surface area contributed by atoms with Crippen molar-refractivity contribution < 1.29 is 18.3 Å². The van der Waals surface area contributed by atoms with Crippen molar-refractivity contribution in [2.45, 2.75) is 13.8 Å². The van der Waals surface area contributed by atoms with Crippen molar-refractivity contribution >= 4 is 32.6 Å². The summed E-state index contributed by atoms with van der Waals surface area (Å²) in [6.07, 6.45) is 0. The molecule has 0 bridgehead atoms. The molecule has 0 aliphatic rings. The number of thiazole rings is 1. The number of rotatable bonds is 9. The SMILES string of the molecule is CCN(CC)CCN(C(=O)COc1ccccc1F)c1nc2ccc(F)cc2s1. The van der Waals surface area contributed by atoms with Gasteiger partial charge in [-0.3, -0.25) is 9.69 Å². The lowest BCUT2D eigenvalue weighted by atomic mass is 10.3. The molecule has 5 nitrogen and oxygen atoms in total. The monoisotopic (exact) mass is 419 g/mol. The van der Waals surface area contributed by atoms with Gasteiger partial charge >= 0.3 is 0 Å². The Morgan fingerprint density at radius 2 is 1.86 bits per heavy atom. The fraction of sp³-hybridized carbons (Fsp3) is 0.333. The molecule has 1 heterocycles. The summed E-state index contributed by atoms with van der Waals surface area (Å²) in [7, 11) is 0. The van der Waals surface area contributed by atoms with Gasteiger partial charge < -0.3 is 9.64 Å². The summed E-state index contributed by atoms with van der Waals surface area (Å²) >= 11 is 1.25. The molecule has 29 heavy (non-hydrogen) atoms. The van der Waals surface area contributed by atoms with E-state index in [1.165, 1.54) is 40.5 Å². The summed E-state index contributed by atoms with van der Waals surface area (Å²) in [5.74, 6) is -1.18. The Labute approximate surface area is 172 Å². The lowest BCUT2D eigenvalue weighted by Gasteiger charge is -2.24. The molecule has 1 amide bonds. The van der Waals surface area contributed by atoms with Crippen LogP contribution >= 0.6 is 11.3 Å². The van der Waals surface area contributed by atoms with Crippen LogP contribution in [0.5, 0.6) is 5.75 Å². The molecule has 0 saturated heterocycles. The first-order chi connectivity index (χ1) is 14.0. The van der Waals surface area contributed by atoms with Crippen molar-refractivity contribution in [3.8, 4) is 5.75 Å². The number of nitrogens with zero attached hydrogens (tertiary/aromatic N) is 3. The number of hydrogen-bond donors (Lipinski definition) is 0. The van der Waals surface area contributed by atoms with E-state index in [4.69, 9.17) is 4.74 Å². The molecular weight excluding hydrogens is 396 g/mol. The molecule has 0 radical (unpaired) electrons. The molecule has 154 valence electrons. The number of amides is 1. The van der Waals surface area contributed by atoms with Crippen LogP contribution < -0.4 is 9.64 Å². The van der Waals surface area contributed by atoms with Gasteiger partial charge in [-0.1, -0.05) is 37.3 Å². The van der Waals surface area contributed by atoms with Gasteiger partial charge in [0.1, 0.15) is 5.82 Å². The molecule has 3 aromatic rings. The number of para-hydroxylation sites is 1. The maximum atomic E-state index is 13.8. The smallest absolute Gasteiger partial charge is 0.266 e. The minimum Gasteiger partial charge on any atom is -0.481 e. The molecule has 0 atom stereocenters. The number of ether oxygens (including phenoxy) is 1. The highest BCUT2D eigenvalue weighted by atomic mass is 32.1. The standard InChI is InChI=1S/C21H23F2N3O2S/c1-3-25(4-2)11-12-26(20(27)14-28-18-8-6-5-7-16(18)23)21-24-17-10-9-15(22)13-19(17)29-21/h5-10,13H,3-4,11-12,14H2,1-2H3. The van der Waals surface area contributed by atoms with Crippen LogP contribution in [0.1, 0.15) is 13.8 Å². The largest absolute Gasteiger partial charge is 0.481 e. The number of carbonyl (C=O) groups excluding carboxylic acids is 1. The van der Waals surface area contributed by atoms with Gasteiger partial charge in [-0.15, -0.1) is 0 Å². The first-order valence-electron chi connectivity index (χ1n) is 9.48. The molecular formula is C21H23F2N3O2S. The minimum absolute atomic E-state index is 0.0240. The normalized spacial score (nSPS) is 11.2. The number of aromatic nitrogens is 1. The second-order valence-corrected chi connectivity index (χ2v) is 7.41. The van der Waals surface area contributed by atoms with Crippen LogP contribution in [0.25, 0.3) is 10.2 Å². The number of fused-ring (bicyclic) bond motifs is 1. The second-order valence-electron chi connectivity index (χ2n) is 6.40. The molecule has 1 aromatic heterocycles. The van der Waals surface area contributed by atoms with Crippen LogP contribution in [0, 0.1) is 11.6 Å². The predicted molar refractivity (Wildman–Crippen MR) is 112 cm³/mol. The number of carbonyl (C=O) groups is 1. The third kappa shape index (κ3) is 5.27. The molecule has 0 N–H and O–H groups in total. The lowest BCUT2D eigenvalue weighted by molar-refractivity contribution is -0.120. The Morgan fingerprint density at radius 3 is 2.59 bits per heavy atom. The fourth-order valence-electron chi connectivity index (χ4n) is 2.89. The Morgan fingerprint density at radius 1 is 1.10 bits per heavy atom. The average Bonchev–Trinajstić information content (AvgIpc) is 3.13. The van der Waals surface area contributed by atoms with Crippen LogP contribution in [-0.2, 0) is 4.79 Å². The molecule has 0 saturated carbocycles. The van der Waals surface area contributed by atoms with E-state index < -0.39 is 5.82 Å². The van der Waals surface area contributed by atoms with Gasteiger partial charge in [-0.05, 0) is 43.4 Å². The van der Waals surface area contributed by atoms with Crippen molar-refractivity contribution in [3.05, 3.63) is 54.1 Å². The third-order valence-electron chi connectivity index (χ3n) is 4.59. The molecule has 0 aliphatic heterocycles. The van der Waals surface area contributed by atoms with Gasteiger partial charge in [-0.2, -0.15) is 0 Å². The van der Waals surface area contributed by atoms with E-state index in [1.807, 2.05) is 0 Å². The van der Waals surface area contributed by atoms with Crippen LogP contribution in [0.2, 0.25) is 0 Å². The average molecular weight is 419 g/mol. The Kier molecular flexibility index (Phi) is 7.11. The lowest BCUT2D eigenvalue weighted by Crippen LogP contribution is -2.41. The highest BCUT2D eigenvalue weighted by Gasteiger charge is 2.21. The molecule has 0 spiro atoms. The molecule has 3 rings (SSSR count). The number of anilines is 1. The maximum absolute atomic E-state index is 13.8. The summed E-state index contributed by atoms with van der Waals surface area (Å²) in [4.78, 5) is 21.1. The summed E-state index contributed by atoms with van der Waals surface area (Å²) in [5.41, 5.74) is 0.627. The Hall–Kier alpha value is -2.58. The van der Waals surface area contributed by atoms with Crippen LogP contribution in [0.3, 0.4) is 0 Å². The zero-order chi connectivity index (χ0) is 20.8. The fourth-order valence-corrected chi connectivity index (χ4v) is 3.92. The van der Waals surface area contributed by atoms with Crippen LogP contribution in [-0.4, -0.2) is 48.6 Å². The Balaban J connectivity index is 1.80. The number of hydrogen-bond acceptors (Lipinski definition) is 5. The van der Waals surface area contributed by atoms with Crippen molar-refractivity contribution in [2.24, 2.45) is 0 Å². The van der Waals surface area contributed by atoms with E-state index in [-0.39, 0.29) is 24.1 Å². The van der Waals surface area contributed by atoms with Gasteiger partial charge in [0.25, 0.3) is 5.91 Å². The summed E-state index contributed by atoms with van der Waals surface area (Å²) in [5, 5.41) is 0.472. The van der Waals surface area contributed by atoms with E-state index in [9.17, 15) is 13.6 Å². The van der Waals surface area contributed by atoms with Gasteiger partial charge in [0, 0.05) is 13.1 Å². The van der Waals surface area contributed by atoms with E-state index in [1.54, 1.807) is 18.2 Å². The predicted octanol–water partition coefficient (Wildman–Crippen LogP) is 4.33. The number of halogens is 2. The third-order valence-corrected chi connectivity index (χ3v) is 5.63. The topological polar surface area (TPSA) is 45.7 Å². The Bertz CT molecular complexity index is 975. The summed E-state index contributed by atoms with van der Waals surface area (Å²) in [6, 6.07) is 10.3. The molecule has 0 fully saturated rings. The van der Waals surface area contributed by atoms with Crippen molar-refractivity contribution in [3.63, 3.8) is 0 Å². The van der Waals surface area contributed by atoms with Gasteiger partial charge in [0.15, 0.2) is 23.3 Å². The van der Waals surface area contributed by atoms with E-state index in [0.29, 0.717) is 28.4 Å². The minimum atomic E-state index is -0.523. The maximum Gasteiger partial charge on any atom is 0.266 e. The van der Waals surface area contributed by atoms with Crippen molar-refractivity contribution in [2.75, 3.05) is 37.7 Å². The van der Waals surface area contributed by atoms with E-state index >= 15 is 0 Å². The quantitative estimate of drug-likeness (QED) is 0.518. The van der Waals surface area contributed by atoms with E-state index in [2.05, 4.69) is 23.7 Å². The first-order valence-corrected chi connectivity index (χ1v) is 10.3.